The Morgan fingerprint density at radius 2 is 1.92 bits per heavy atom. The van der Waals surface area contributed by atoms with Gasteiger partial charge in [0.15, 0.2) is 12.6 Å². The number of aromatic hydroxyl groups is 1. The minimum absolute atomic E-state index is 0.0489. The van der Waals surface area contributed by atoms with Crippen molar-refractivity contribution in [1.82, 2.24) is 0 Å². The molecule has 0 aromatic heterocycles. The number of aldehydes is 2. The van der Waals surface area contributed by atoms with Gasteiger partial charge in [-0.15, -0.1) is 0 Å². The van der Waals surface area contributed by atoms with Crippen molar-refractivity contribution >= 4 is 12.6 Å². The lowest BCUT2D eigenvalue weighted by molar-refractivity contribution is 0.109. The van der Waals surface area contributed by atoms with E-state index in [0.29, 0.717) is 18.1 Å². The summed E-state index contributed by atoms with van der Waals surface area (Å²) in [5.74, 6) is -0.288. The molecule has 0 unspecified atom stereocenters. The Morgan fingerprint density at radius 3 is 2.38 bits per heavy atom. The highest BCUT2D eigenvalue weighted by Crippen LogP contribution is 2.20. The summed E-state index contributed by atoms with van der Waals surface area (Å²) in [6, 6.07) is 2.60. The van der Waals surface area contributed by atoms with E-state index >= 15 is 0 Å². The zero-order valence-corrected chi connectivity index (χ0v) is 6.73. The summed E-state index contributed by atoms with van der Waals surface area (Å²) in [5, 5.41) is 18.0. The zero-order valence-electron chi connectivity index (χ0n) is 6.73. The van der Waals surface area contributed by atoms with Crippen molar-refractivity contribution in [1.29, 1.82) is 0 Å². The van der Waals surface area contributed by atoms with E-state index in [0.717, 1.165) is 0 Å². The van der Waals surface area contributed by atoms with Crippen LogP contribution in [0.2, 0.25) is 0 Å². The predicted molar refractivity (Wildman–Crippen MR) is 44.8 cm³/mol. The zero-order chi connectivity index (χ0) is 9.84. The number of phenols is 1. The molecule has 68 valence electrons. The van der Waals surface area contributed by atoms with Crippen LogP contribution in [0.25, 0.3) is 0 Å². The van der Waals surface area contributed by atoms with Gasteiger partial charge in [-0.2, -0.15) is 0 Å². The van der Waals surface area contributed by atoms with Gasteiger partial charge < -0.3 is 10.2 Å². The second-order valence-electron chi connectivity index (χ2n) is 2.51. The molecule has 0 bridgehead atoms. The van der Waals surface area contributed by atoms with E-state index in [1.54, 1.807) is 0 Å². The highest BCUT2D eigenvalue weighted by molar-refractivity contribution is 5.93. The van der Waals surface area contributed by atoms with Gasteiger partial charge in [0.2, 0.25) is 0 Å². The summed E-state index contributed by atoms with van der Waals surface area (Å²) in [6.45, 7) is -0.284. The van der Waals surface area contributed by atoms with E-state index in [1.165, 1.54) is 12.1 Å². The first kappa shape index (κ1) is 9.41. The van der Waals surface area contributed by atoms with Crippen LogP contribution < -0.4 is 0 Å². The van der Waals surface area contributed by atoms with Crippen LogP contribution in [0.1, 0.15) is 26.3 Å². The average molecular weight is 180 g/mol. The fourth-order valence-electron chi connectivity index (χ4n) is 1.04. The molecule has 0 aliphatic carbocycles. The second-order valence-corrected chi connectivity index (χ2v) is 2.51. The Labute approximate surface area is 74.4 Å². The molecule has 0 spiro atoms. The van der Waals surface area contributed by atoms with Crippen molar-refractivity contribution in [3.05, 3.63) is 28.8 Å². The second kappa shape index (κ2) is 3.82. The van der Waals surface area contributed by atoms with E-state index in [1.807, 2.05) is 0 Å². The van der Waals surface area contributed by atoms with E-state index in [-0.39, 0.29) is 23.5 Å². The lowest BCUT2D eigenvalue weighted by atomic mass is 10.0. The number of hydrogen-bond acceptors (Lipinski definition) is 4. The van der Waals surface area contributed by atoms with Crippen molar-refractivity contribution in [3.8, 4) is 5.75 Å². The van der Waals surface area contributed by atoms with Gasteiger partial charge in [-0.05, 0) is 17.7 Å². The van der Waals surface area contributed by atoms with Crippen LogP contribution in [0.3, 0.4) is 0 Å². The Morgan fingerprint density at radius 1 is 1.23 bits per heavy atom. The Bertz CT molecular complexity index is 344. The van der Waals surface area contributed by atoms with Gasteiger partial charge in [-0.25, -0.2) is 0 Å². The van der Waals surface area contributed by atoms with Crippen LogP contribution in [-0.4, -0.2) is 22.8 Å². The number of carbonyl (C=O) groups is 2. The van der Waals surface area contributed by atoms with Crippen LogP contribution in [-0.2, 0) is 6.61 Å². The van der Waals surface area contributed by atoms with E-state index in [9.17, 15) is 14.7 Å². The topological polar surface area (TPSA) is 74.6 Å². The van der Waals surface area contributed by atoms with Crippen molar-refractivity contribution in [2.75, 3.05) is 0 Å². The van der Waals surface area contributed by atoms with Gasteiger partial charge in [0.05, 0.1) is 12.2 Å². The molecule has 0 saturated carbocycles. The minimum atomic E-state index is -0.288. The van der Waals surface area contributed by atoms with Crippen molar-refractivity contribution in [2.45, 2.75) is 6.61 Å². The molecule has 0 radical (unpaired) electrons. The highest BCUT2D eigenvalue weighted by atomic mass is 16.3. The lowest BCUT2D eigenvalue weighted by Crippen LogP contribution is -1.94. The molecule has 0 fully saturated rings. The molecule has 1 aromatic rings. The van der Waals surface area contributed by atoms with Crippen LogP contribution in [0.4, 0.5) is 0 Å². The van der Waals surface area contributed by atoms with E-state index in [4.69, 9.17) is 5.11 Å². The van der Waals surface area contributed by atoms with Crippen LogP contribution in [0.5, 0.6) is 5.75 Å². The van der Waals surface area contributed by atoms with Gasteiger partial charge >= 0.3 is 0 Å². The van der Waals surface area contributed by atoms with Crippen molar-refractivity contribution in [2.24, 2.45) is 0 Å². The largest absolute Gasteiger partial charge is 0.507 e. The molecule has 0 amide bonds. The summed E-state index contributed by atoms with van der Waals surface area (Å²) in [5.41, 5.74) is 0.427. The van der Waals surface area contributed by atoms with Crippen LogP contribution >= 0.6 is 0 Å². The van der Waals surface area contributed by atoms with E-state index < -0.39 is 0 Å². The SMILES string of the molecule is O=Cc1cc(CO)cc(O)c1C=O. The van der Waals surface area contributed by atoms with Gasteiger partial charge in [0, 0.05) is 5.56 Å². The van der Waals surface area contributed by atoms with E-state index in [2.05, 4.69) is 0 Å². The van der Waals surface area contributed by atoms with Crippen LogP contribution in [0, 0.1) is 0 Å². The lowest BCUT2D eigenvalue weighted by Gasteiger charge is -2.03. The molecule has 2 N–H and O–H groups in total. The molecule has 0 aliphatic rings. The number of benzene rings is 1. The molecule has 0 heterocycles. The first-order valence-electron chi connectivity index (χ1n) is 3.60. The standard InChI is InChI=1S/C9H8O4/c10-3-6-1-7(4-11)8(5-12)9(13)2-6/h1-2,4-5,10,13H,3H2. The molecule has 1 rings (SSSR count). The molecular formula is C9H8O4. The summed E-state index contributed by atoms with van der Waals surface area (Å²) < 4.78 is 0. The average Bonchev–Trinajstić information content (AvgIpc) is 2.16. The summed E-state index contributed by atoms with van der Waals surface area (Å²) in [7, 11) is 0. The minimum Gasteiger partial charge on any atom is -0.507 e. The van der Waals surface area contributed by atoms with Crippen LogP contribution in [0.15, 0.2) is 12.1 Å². The number of rotatable bonds is 3. The summed E-state index contributed by atoms with van der Waals surface area (Å²) >= 11 is 0. The normalized spacial score (nSPS) is 9.62. The predicted octanol–water partition coefficient (Wildman–Crippen LogP) is 0.509. The monoisotopic (exact) mass is 180 g/mol. The number of carbonyl (C=O) groups excluding carboxylic acids is 2. The number of phenolic OH excluding ortho intramolecular Hbond substituents is 1. The third-order valence-electron chi connectivity index (χ3n) is 1.68. The smallest absolute Gasteiger partial charge is 0.154 e. The van der Waals surface area contributed by atoms with Gasteiger partial charge in [-0.1, -0.05) is 0 Å². The third-order valence-corrected chi connectivity index (χ3v) is 1.68. The molecule has 1 aromatic carbocycles. The van der Waals surface area contributed by atoms with Crippen molar-refractivity contribution < 1.29 is 19.8 Å². The maximum atomic E-state index is 10.5. The van der Waals surface area contributed by atoms with Gasteiger partial charge in [-0.3, -0.25) is 9.59 Å². The maximum absolute atomic E-state index is 10.5. The first-order chi connectivity index (χ1) is 6.22. The molecular weight excluding hydrogens is 172 g/mol. The Balaban J connectivity index is 3.36. The number of aliphatic hydroxyl groups excluding tert-OH is 1. The quantitative estimate of drug-likeness (QED) is 0.664. The maximum Gasteiger partial charge on any atom is 0.154 e. The summed E-state index contributed by atoms with van der Waals surface area (Å²) in [6.07, 6.45) is 0.864. The molecule has 4 nitrogen and oxygen atoms in total. The number of aliphatic hydroxyl groups is 1. The molecule has 13 heavy (non-hydrogen) atoms. The fraction of sp³-hybridized carbons (Fsp3) is 0.111. The first-order valence-corrected chi connectivity index (χ1v) is 3.60. The molecule has 0 atom stereocenters. The third kappa shape index (κ3) is 1.73. The Hall–Kier alpha value is -1.68. The van der Waals surface area contributed by atoms with Gasteiger partial charge in [0.25, 0.3) is 0 Å². The number of hydrogen-bond donors (Lipinski definition) is 2. The Kier molecular flexibility index (Phi) is 2.76. The fourth-order valence-corrected chi connectivity index (χ4v) is 1.04. The molecule has 0 saturated heterocycles. The van der Waals surface area contributed by atoms with Crippen molar-refractivity contribution in [3.63, 3.8) is 0 Å². The molecule has 0 aliphatic heterocycles. The molecule has 4 heteroatoms. The highest BCUT2D eigenvalue weighted by Gasteiger charge is 2.08. The van der Waals surface area contributed by atoms with Gasteiger partial charge in [0.1, 0.15) is 5.75 Å². The summed E-state index contributed by atoms with van der Waals surface area (Å²) in [4.78, 5) is 20.9.